The zero-order chi connectivity index (χ0) is 19.3. The number of hydrogen-bond donors (Lipinski definition) is 2. The highest BCUT2D eigenvalue weighted by Gasteiger charge is 2.37. The largest absolute Gasteiger partial charge is 0.398 e. The van der Waals surface area contributed by atoms with Crippen LogP contribution in [0.1, 0.15) is 13.8 Å². The van der Waals surface area contributed by atoms with Gasteiger partial charge in [0.2, 0.25) is 0 Å². The molecule has 9 heteroatoms. The van der Waals surface area contributed by atoms with Gasteiger partial charge in [-0.15, -0.1) is 0 Å². The van der Waals surface area contributed by atoms with E-state index in [0.717, 1.165) is 0 Å². The lowest BCUT2D eigenvalue weighted by Gasteiger charge is -2.26. The number of hydrogen-bond acceptors (Lipinski definition) is 9. The first-order valence-corrected chi connectivity index (χ1v) is 7.56. The minimum Gasteiger partial charge on any atom is -0.394 e. The van der Waals surface area contributed by atoms with E-state index in [-0.39, 0.29) is 37.6 Å². The molecule has 0 amide bonds. The molecule has 9 nitrogen and oxygen atoms in total. The maximum atomic E-state index is 11.6. The summed E-state index contributed by atoms with van der Waals surface area (Å²) >= 11 is 0. The van der Waals surface area contributed by atoms with Crippen molar-refractivity contribution < 1.29 is 43.5 Å². The van der Waals surface area contributed by atoms with Crippen molar-refractivity contribution in [3.63, 3.8) is 0 Å². The number of aliphatic hydroxyl groups excluding tert-OH is 1. The van der Waals surface area contributed by atoms with Crippen molar-refractivity contribution in [2.75, 3.05) is 46.2 Å². The van der Waals surface area contributed by atoms with Crippen LogP contribution in [0.4, 0.5) is 0 Å². The molecular formula is C16H26O9. The smallest absolute Gasteiger partial charge is 0.394 e. The van der Waals surface area contributed by atoms with Crippen molar-refractivity contribution in [1.82, 2.24) is 0 Å². The van der Waals surface area contributed by atoms with Gasteiger partial charge in [-0.3, -0.25) is 0 Å². The van der Waals surface area contributed by atoms with Crippen LogP contribution in [0.25, 0.3) is 0 Å². The molecule has 0 aromatic carbocycles. The second-order valence-electron chi connectivity index (χ2n) is 5.05. The van der Waals surface area contributed by atoms with Crippen molar-refractivity contribution in [3.8, 4) is 0 Å². The van der Waals surface area contributed by atoms with Gasteiger partial charge in [-0.25, -0.2) is 9.59 Å². The van der Waals surface area contributed by atoms with E-state index < -0.39 is 24.5 Å². The fraction of sp³-hybridized carbons (Fsp3) is 0.625. The second kappa shape index (κ2) is 12.6. The molecule has 0 radical (unpaired) electrons. The molecule has 0 aromatic rings. The molecule has 0 atom stereocenters. The SMILES string of the molecule is C=C(C)C(=O)OC(O)(COCCOCCOCCO)OC(=O)C(=C)C. The Hall–Kier alpha value is -1.78. The van der Waals surface area contributed by atoms with Crippen molar-refractivity contribution >= 4 is 11.9 Å². The van der Waals surface area contributed by atoms with Gasteiger partial charge < -0.3 is 33.9 Å². The van der Waals surface area contributed by atoms with E-state index in [0.29, 0.717) is 13.2 Å². The Labute approximate surface area is 146 Å². The summed E-state index contributed by atoms with van der Waals surface area (Å²) < 4.78 is 24.7. The molecule has 0 fully saturated rings. The molecule has 0 unspecified atom stereocenters. The average Bonchev–Trinajstić information content (AvgIpc) is 2.52. The molecule has 2 N–H and O–H groups in total. The molecule has 0 aromatic heterocycles. The van der Waals surface area contributed by atoms with Gasteiger partial charge in [0.05, 0.1) is 39.6 Å². The third kappa shape index (κ3) is 11.4. The van der Waals surface area contributed by atoms with E-state index in [9.17, 15) is 14.7 Å². The van der Waals surface area contributed by atoms with E-state index >= 15 is 0 Å². The molecule has 144 valence electrons. The van der Waals surface area contributed by atoms with E-state index in [1.807, 2.05) is 0 Å². The summed E-state index contributed by atoms with van der Waals surface area (Å²) in [7, 11) is 0. The van der Waals surface area contributed by atoms with E-state index in [4.69, 9.17) is 28.8 Å². The van der Waals surface area contributed by atoms with E-state index in [1.54, 1.807) is 0 Å². The normalized spacial score (nSPS) is 11.0. The van der Waals surface area contributed by atoms with E-state index in [1.165, 1.54) is 13.8 Å². The van der Waals surface area contributed by atoms with Crippen molar-refractivity contribution in [1.29, 1.82) is 0 Å². The zero-order valence-corrected chi connectivity index (χ0v) is 14.6. The maximum absolute atomic E-state index is 11.6. The third-order valence-corrected chi connectivity index (χ3v) is 2.47. The quantitative estimate of drug-likeness (QED) is 0.189. The number of rotatable bonds is 14. The van der Waals surface area contributed by atoms with Crippen molar-refractivity contribution in [3.05, 3.63) is 24.3 Å². The maximum Gasteiger partial charge on any atom is 0.398 e. The number of carbonyl (C=O) groups excluding carboxylic acids is 2. The Morgan fingerprint density at radius 1 is 0.840 bits per heavy atom. The van der Waals surface area contributed by atoms with Crippen LogP contribution in [0, 0.1) is 0 Å². The van der Waals surface area contributed by atoms with Gasteiger partial charge in [-0.2, -0.15) is 0 Å². The Balaban J connectivity index is 4.30. The molecule has 0 rings (SSSR count). The summed E-state index contributed by atoms with van der Waals surface area (Å²) in [5.74, 6) is -4.49. The number of aliphatic hydroxyl groups is 2. The predicted octanol–water partition coefficient (Wildman–Crippen LogP) is -0.0868. The predicted molar refractivity (Wildman–Crippen MR) is 86.3 cm³/mol. The highest BCUT2D eigenvalue weighted by molar-refractivity contribution is 5.88. The Morgan fingerprint density at radius 3 is 1.64 bits per heavy atom. The van der Waals surface area contributed by atoms with Crippen molar-refractivity contribution in [2.45, 2.75) is 19.8 Å². The van der Waals surface area contributed by atoms with Crippen LogP contribution in [0.5, 0.6) is 0 Å². The molecule has 0 saturated carbocycles. The lowest BCUT2D eigenvalue weighted by Crippen LogP contribution is -2.45. The summed E-state index contributed by atoms with van der Waals surface area (Å²) in [5, 5.41) is 18.7. The van der Waals surface area contributed by atoms with Gasteiger partial charge >= 0.3 is 17.9 Å². The first kappa shape index (κ1) is 23.2. The van der Waals surface area contributed by atoms with Crippen LogP contribution in [0.3, 0.4) is 0 Å². The first-order chi connectivity index (χ1) is 11.7. The van der Waals surface area contributed by atoms with Gasteiger partial charge in [-0.05, 0) is 13.8 Å². The van der Waals surface area contributed by atoms with Crippen molar-refractivity contribution in [2.24, 2.45) is 0 Å². The lowest BCUT2D eigenvalue weighted by atomic mass is 10.3. The molecule has 0 bridgehead atoms. The topological polar surface area (TPSA) is 121 Å². The molecular weight excluding hydrogens is 336 g/mol. The molecule has 0 heterocycles. The first-order valence-electron chi connectivity index (χ1n) is 7.56. The molecule has 25 heavy (non-hydrogen) atoms. The summed E-state index contributed by atoms with van der Waals surface area (Å²) in [4.78, 5) is 23.1. The van der Waals surface area contributed by atoms with Crippen LogP contribution in [-0.4, -0.2) is 74.4 Å². The summed E-state index contributed by atoms with van der Waals surface area (Å²) in [6, 6.07) is 0. The monoisotopic (exact) mass is 362 g/mol. The second-order valence-corrected chi connectivity index (χ2v) is 5.05. The zero-order valence-electron chi connectivity index (χ0n) is 14.6. The fourth-order valence-corrected chi connectivity index (χ4v) is 1.25. The van der Waals surface area contributed by atoms with Gasteiger partial charge in [-0.1, -0.05) is 13.2 Å². The minimum absolute atomic E-state index is 0.0102. The molecule has 0 spiro atoms. The van der Waals surface area contributed by atoms with Crippen LogP contribution in [0.15, 0.2) is 24.3 Å². The molecule has 0 aliphatic rings. The standard InChI is InChI=1S/C16H26O9/c1-12(2)14(18)24-16(20,25-15(19)13(3)4)11-23-10-9-22-8-7-21-6-5-17/h17,20H,1,3,5-11H2,2,4H3. The fourth-order valence-electron chi connectivity index (χ4n) is 1.25. The Bertz CT molecular complexity index is 431. The minimum atomic E-state index is -2.60. The highest BCUT2D eigenvalue weighted by Crippen LogP contribution is 2.15. The summed E-state index contributed by atoms with van der Waals surface area (Å²) in [6.07, 6.45) is 0. The molecule has 0 saturated heterocycles. The molecule has 0 aliphatic heterocycles. The van der Waals surface area contributed by atoms with Gasteiger partial charge in [0, 0.05) is 11.1 Å². The van der Waals surface area contributed by atoms with Crippen LogP contribution >= 0.6 is 0 Å². The van der Waals surface area contributed by atoms with Gasteiger partial charge in [0.25, 0.3) is 0 Å². The summed E-state index contributed by atoms with van der Waals surface area (Å²) in [6.45, 7) is 9.86. The molecule has 0 aliphatic carbocycles. The number of carbonyl (C=O) groups is 2. The van der Waals surface area contributed by atoms with Crippen LogP contribution in [0.2, 0.25) is 0 Å². The summed E-state index contributed by atoms with van der Waals surface area (Å²) in [5.41, 5.74) is 0.0204. The van der Waals surface area contributed by atoms with Crippen LogP contribution < -0.4 is 0 Å². The number of esters is 2. The average molecular weight is 362 g/mol. The van der Waals surface area contributed by atoms with Gasteiger partial charge in [0.1, 0.15) is 0 Å². The number of ether oxygens (including phenoxy) is 5. The van der Waals surface area contributed by atoms with E-state index in [2.05, 4.69) is 13.2 Å². The van der Waals surface area contributed by atoms with Crippen LogP contribution in [-0.2, 0) is 33.3 Å². The Morgan fingerprint density at radius 2 is 1.24 bits per heavy atom. The highest BCUT2D eigenvalue weighted by atomic mass is 16.9. The lowest BCUT2D eigenvalue weighted by molar-refractivity contribution is -0.338. The third-order valence-electron chi connectivity index (χ3n) is 2.47. The van der Waals surface area contributed by atoms with Gasteiger partial charge in [0.15, 0.2) is 6.61 Å². The Kier molecular flexibility index (Phi) is 11.7.